The number of aromatic nitrogens is 1. The van der Waals surface area contributed by atoms with Crippen LogP contribution in [0.15, 0.2) is 77.5 Å². The van der Waals surface area contributed by atoms with E-state index in [1.54, 1.807) is 41.8 Å². The van der Waals surface area contributed by atoms with Crippen LogP contribution in [0.4, 0.5) is 9.39 Å². The summed E-state index contributed by atoms with van der Waals surface area (Å²) in [7, 11) is 0. The Kier molecular flexibility index (Phi) is 6.39. The molecule has 2 aromatic carbocycles. The minimum Gasteiger partial charge on any atom is -0.462 e. The van der Waals surface area contributed by atoms with Crippen LogP contribution >= 0.6 is 22.7 Å². The first-order valence-corrected chi connectivity index (χ1v) is 12.6. The fraction of sp³-hybridized carbons (Fsp3) is 0.0741. The summed E-state index contributed by atoms with van der Waals surface area (Å²) in [6.45, 7) is 1.90. The van der Waals surface area contributed by atoms with E-state index in [1.807, 2.05) is 41.8 Å². The molecule has 1 amide bonds. The number of esters is 1. The van der Waals surface area contributed by atoms with Gasteiger partial charge in [0, 0.05) is 16.3 Å². The second-order valence-electron chi connectivity index (χ2n) is 7.58. The SMILES string of the molecule is CCOC(=O)c1c(-c2ccc(F)cc2)csc1NC(=O)c1cc(-c2cccs2)nc2ccccc12. The standard InChI is InChI=1S/C27H19FN2O3S2/c1-2-33-27(32)24-20(16-9-11-17(28)12-10-16)15-35-26(24)30-25(31)19-14-22(23-8-5-13-34-23)29-21-7-4-3-6-18(19)21/h3-15H,2H2,1H3,(H,30,31). The Morgan fingerprint density at radius 2 is 1.83 bits per heavy atom. The quantitative estimate of drug-likeness (QED) is 0.248. The molecule has 0 aliphatic rings. The van der Waals surface area contributed by atoms with Gasteiger partial charge in [-0.1, -0.05) is 36.4 Å². The number of benzene rings is 2. The van der Waals surface area contributed by atoms with E-state index in [4.69, 9.17) is 9.72 Å². The van der Waals surface area contributed by atoms with Crippen LogP contribution in [0.5, 0.6) is 0 Å². The summed E-state index contributed by atoms with van der Waals surface area (Å²) in [5.74, 6) is -1.29. The number of pyridine rings is 1. The minimum absolute atomic E-state index is 0.185. The Hall–Kier alpha value is -3.88. The molecule has 0 saturated carbocycles. The van der Waals surface area contributed by atoms with Crippen LogP contribution in [-0.2, 0) is 4.74 Å². The molecule has 0 unspecified atom stereocenters. The third-order valence-corrected chi connectivity index (χ3v) is 7.18. The topological polar surface area (TPSA) is 68.3 Å². The second-order valence-corrected chi connectivity index (χ2v) is 9.41. The van der Waals surface area contributed by atoms with Gasteiger partial charge in [0.25, 0.3) is 5.91 Å². The van der Waals surface area contributed by atoms with Crippen LogP contribution in [0.3, 0.4) is 0 Å². The minimum atomic E-state index is -0.553. The largest absolute Gasteiger partial charge is 0.462 e. The van der Waals surface area contributed by atoms with Crippen molar-refractivity contribution < 1.29 is 18.7 Å². The molecule has 1 N–H and O–H groups in total. The molecule has 0 fully saturated rings. The first-order valence-electron chi connectivity index (χ1n) is 10.8. The maximum absolute atomic E-state index is 13.5. The first kappa shape index (κ1) is 22.9. The molecule has 0 aliphatic heterocycles. The Labute approximate surface area is 208 Å². The molecule has 0 saturated heterocycles. The van der Waals surface area contributed by atoms with Crippen molar-refractivity contribution in [2.75, 3.05) is 11.9 Å². The fourth-order valence-corrected chi connectivity index (χ4v) is 5.42. The number of halogens is 1. The molecule has 0 radical (unpaired) electrons. The highest BCUT2D eigenvalue weighted by Gasteiger charge is 2.24. The maximum atomic E-state index is 13.5. The zero-order chi connectivity index (χ0) is 24.4. The molecule has 0 spiro atoms. The van der Waals surface area contributed by atoms with Crippen molar-refractivity contribution in [2.24, 2.45) is 0 Å². The first-order chi connectivity index (χ1) is 17.0. The lowest BCUT2D eigenvalue weighted by atomic mass is 10.0. The molecule has 5 nitrogen and oxygen atoms in total. The van der Waals surface area contributed by atoms with Crippen LogP contribution < -0.4 is 5.32 Å². The van der Waals surface area contributed by atoms with E-state index in [-0.39, 0.29) is 23.9 Å². The van der Waals surface area contributed by atoms with Gasteiger partial charge in [0.2, 0.25) is 0 Å². The average Bonchev–Trinajstić information content (AvgIpc) is 3.55. The third-order valence-electron chi connectivity index (χ3n) is 5.39. The smallest absolute Gasteiger partial charge is 0.341 e. The van der Waals surface area contributed by atoms with Crippen molar-refractivity contribution in [3.8, 4) is 21.7 Å². The van der Waals surface area contributed by atoms with Gasteiger partial charge in [0.15, 0.2) is 0 Å². The van der Waals surface area contributed by atoms with Crippen molar-refractivity contribution in [3.63, 3.8) is 0 Å². The molecule has 174 valence electrons. The zero-order valence-electron chi connectivity index (χ0n) is 18.6. The highest BCUT2D eigenvalue weighted by Crippen LogP contribution is 2.37. The zero-order valence-corrected chi connectivity index (χ0v) is 20.2. The van der Waals surface area contributed by atoms with Crippen molar-refractivity contribution in [1.29, 1.82) is 0 Å². The van der Waals surface area contributed by atoms with E-state index in [0.29, 0.717) is 38.3 Å². The van der Waals surface area contributed by atoms with Crippen molar-refractivity contribution in [3.05, 3.63) is 94.4 Å². The van der Waals surface area contributed by atoms with Crippen LogP contribution in [0.25, 0.3) is 32.6 Å². The molecular weight excluding hydrogens is 483 g/mol. The number of nitrogens with zero attached hydrogens (tertiary/aromatic N) is 1. The third kappa shape index (κ3) is 4.58. The summed E-state index contributed by atoms with van der Waals surface area (Å²) in [5.41, 5.74) is 3.32. The summed E-state index contributed by atoms with van der Waals surface area (Å²) in [5, 5.41) is 7.71. The predicted octanol–water partition coefficient (Wildman–Crippen LogP) is 7.26. The Balaban J connectivity index is 1.57. The average molecular weight is 503 g/mol. The van der Waals surface area contributed by atoms with Gasteiger partial charge in [0.1, 0.15) is 16.4 Å². The van der Waals surface area contributed by atoms with Crippen molar-refractivity contribution in [1.82, 2.24) is 4.98 Å². The monoisotopic (exact) mass is 502 g/mol. The Morgan fingerprint density at radius 1 is 1.03 bits per heavy atom. The molecule has 3 heterocycles. The molecular formula is C27H19FN2O3S2. The predicted molar refractivity (Wildman–Crippen MR) is 139 cm³/mol. The summed E-state index contributed by atoms with van der Waals surface area (Å²) in [4.78, 5) is 32.1. The molecule has 0 atom stereocenters. The van der Waals surface area contributed by atoms with E-state index >= 15 is 0 Å². The van der Waals surface area contributed by atoms with Gasteiger partial charge in [-0.15, -0.1) is 22.7 Å². The van der Waals surface area contributed by atoms with Gasteiger partial charge >= 0.3 is 5.97 Å². The highest BCUT2D eigenvalue weighted by molar-refractivity contribution is 7.15. The van der Waals surface area contributed by atoms with Gasteiger partial charge in [-0.2, -0.15) is 0 Å². The number of thiophene rings is 2. The summed E-state index contributed by atoms with van der Waals surface area (Å²) < 4.78 is 18.7. The molecule has 5 rings (SSSR count). The number of ether oxygens (including phenoxy) is 1. The molecule has 8 heteroatoms. The van der Waals surface area contributed by atoms with Crippen LogP contribution in [0.2, 0.25) is 0 Å². The van der Waals surface area contributed by atoms with Gasteiger partial charge in [-0.25, -0.2) is 14.2 Å². The van der Waals surface area contributed by atoms with Gasteiger partial charge in [-0.05, 0) is 48.2 Å². The lowest BCUT2D eigenvalue weighted by Gasteiger charge is -2.11. The number of amides is 1. The number of rotatable bonds is 6. The molecule has 5 aromatic rings. The Bertz CT molecular complexity index is 1530. The van der Waals surface area contributed by atoms with Crippen molar-refractivity contribution in [2.45, 2.75) is 6.92 Å². The lowest BCUT2D eigenvalue weighted by Crippen LogP contribution is -2.15. The molecule has 3 aromatic heterocycles. The number of carbonyl (C=O) groups excluding carboxylic acids is 2. The summed E-state index contributed by atoms with van der Waals surface area (Å²) in [6, 6.07) is 18.9. The van der Waals surface area contributed by atoms with E-state index in [2.05, 4.69) is 5.32 Å². The van der Waals surface area contributed by atoms with Gasteiger partial charge in [0.05, 0.1) is 28.3 Å². The molecule has 0 aliphatic carbocycles. The number of carbonyl (C=O) groups is 2. The molecule has 0 bridgehead atoms. The van der Waals surface area contributed by atoms with E-state index in [1.165, 1.54) is 23.5 Å². The van der Waals surface area contributed by atoms with Crippen LogP contribution in [0.1, 0.15) is 27.6 Å². The van der Waals surface area contributed by atoms with Crippen LogP contribution in [-0.4, -0.2) is 23.5 Å². The van der Waals surface area contributed by atoms with E-state index in [0.717, 1.165) is 4.88 Å². The number of fused-ring (bicyclic) bond motifs is 1. The second kappa shape index (κ2) is 9.77. The number of anilines is 1. The number of hydrogen-bond donors (Lipinski definition) is 1. The number of para-hydroxylation sites is 1. The summed E-state index contributed by atoms with van der Waals surface area (Å²) >= 11 is 2.76. The number of nitrogens with one attached hydrogen (secondary N) is 1. The maximum Gasteiger partial charge on any atom is 0.341 e. The van der Waals surface area contributed by atoms with Gasteiger partial charge in [-0.3, -0.25) is 4.79 Å². The Morgan fingerprint density at radius 3 is 2.57 bits per heavy atom. The van der Waals surface area contributed by atoms with Crippen LogP contribution in [0, 0.1) is 5.82 Å². The van der Waals surface area contributed by atoms with E-state index < -0.39 is 5.97 Å². The summed E-state index contributed by atoms with van der Waals surface area (Å²) in [6.07, 6.45) is 0. The van der Waals surface area contributed by atoms with Gasteiger partial charge < -0.3 is 10.1 Å². The lowest BCUT2D eigenvalue weighted by molar-refractivity contribution is 0.0529. The normalized spacial score (nSPS) is 10.9. The van der Waals surface area contributed by atoms with Crippen molar-refractivity contribution >= 4 is 50.5 Å². The molecule has 35 heavy (non-hydrogen) atoms. The fourth-order valence-electron chi connectivity index (χ4n) is 3.78. The number of hydrogen-bond acceptors (Lipinski definition) is 6. The highest BCUT2D eigenvalue weighted by atomic mass is 32.1. The van der Waals surface area contributed by atoms with E-state index in [9.17, 15) is 14.0 Å².